The predicted octanol–water partition coefficient (Wildman–Crippen LogP) is 1.89. The van der Waals surface area contributed by atoms with Gasteiger partial charge in [-0.1, -0.05) is 30.3 Å². The molecule has 3 rings (SSSR count). The molecule has 2 N–H and O–H groups in total. The molecule has 2 heterocycles. The van der Waals surface area contributed by atoms with Gasteiger partial charge in [0.15, 0.2) is 0 Å². The Labute approximate surface area is 149 Å². The molecule has 0 spiro atoms. The molecule has 132 valence electrons. The van der Waals surface area contributed by atoms with Crippen LogP contribution in [-0.2, 0) is 9.59 Å². The molecular formula is C18H26ClN3O2. The number of benzene rings is 1. The van der Waals surface area contributed by atoms with Crippen LogP contribution in [0.4, 0.5) is 0 Å². The van der Waals surface area contributed by atoms with Gasteiger partial charge in [0.2, 0.25) is 11.8 Å². The lowest BCUT2D eigenvalue weighted by molar-refractivity contribution is -0.134. The van der Waals surface area contributed by atoms with Crippen molar-refractivity contribution in [3.63, 3.8) is 0 Å². The molecule has 0 aromatic heterocycles. The van der Waals surface area contributed by atoms with E-state index in [-0.39, 0.29) is 30.3 Å². The normalized spacial score (nSPS) is 24.0. The fourth-order valence-electron chi connectivity index (χ4n) is 3.53. The summed E-state index contributed by atoms with van der Waals surface area (Å²) in [6, 6.07) is 9.75. The monoisotopic (exact) mass is 351 g/mol. The lowest BCUT2D eigenvalue weighted by Gasteiger charge is -2.30. The Morgan fingerprint density at radius 2 is 2.00 bits per heavy atom. The van der Waals surface area contributed by atoms with Crippen LogP contribution in [0.15, 0.2) is 30.3 Å². The number of rotatable bonds is 4. The highest BCUT2D eigenvalue weighted by Gasteiger charge is 2.30. The molecule has 0 saturated carbocycles. The molecule has 24 heavy (non-hydrogen) atoms. The van der Waals surface area contributed by atoms with E-state index in [1.807, 2.05) is 35.2 Å². The van der Waals surface area contributed by atoms with Crippen LogP contribution in [0.2, 0.25) is 0 Å². The summed E-state index contributed by atoms with van der Waals surface area (Å²) in [6.07, 6.45) is 3.02. The Balaban J connectivity index is 0.00000208. The van der Waals surface area contributed by atoms with Crippen LogP contribution in [0.3, 0.4) is 0 Å². The fourth-order valence-corrected chi connectivity index (χ4v) is 3.53. The van der Waals surface area contributed by atoms with Crippen molar-refractivity contribution in [2.24, 2.45) is 5.92 Å². The van der Waals surface area contributed by atoms with E-state index < -0.39 is 0 Å². The van der Waals surface area contributed by atoms with Gasteiger partial charge in [-0.3, -0.25) is 9.59 Å². The molecule has 2 fully saturated rings. The number of carbonyl (C=O) groups is 2. The first-order valence-electron chi connectivity index (χ1n) is 8.56. The standard InChI is InChI=1S/C18H25N3O2.ClH/c22-17-12-16(15-4-2-1-3-5-15)21(11-10-20-17)18(23)7-6-14-8-9-19-13-14;/h1-5,14,16,19H,6-13H2,(H,20,22);1H. The molecule has 2 atom stereocenters. The van der Waals surface area contributed by atoms with Gasteiger partial charge in [-0.05, 0) is 37.4 Å². The maximum atomic E-state index is 12.8. The SMILES string of the molecule is Cl.O=C1CC(c2ccccc2)N(C(=O)CCC2CCNC2)CCN1. The van der Waals surface area contributed by atoms with Crippen molar-refractivity contribution in [3.8, 4) is 0 Å². The van der Waals surface area contributed by atoms with Gasteiger partial charge >= 0.3 is 0 Å². The summed E-state index contributed by atoms with van der Waals surface area (Å²) < 4.78 is 0. The van der Waals surface area contributed by atoms with E-state index in [0.29, 0.717) is 31.8 Å². The zero-order valence-electron chi connectivity index (χ0n) is 13.9. The van der Waals surface area contributed by atoms with E-state index in [9.17, 15) is 9.59 Å². The Hall–Kier alpha value is -1.59. The molecule has 0 radical (unpaired) electrons. The van der Waals surface area contributed by atoms with Crippen LogP contribution in [-0.4, -0.2) is 42.9 Å². The van der Waals surface area contributed by atoms with Crippen LogP contribution in [0.1, 0.15) is 37.3 Å². The van der Waals surface area contributed by atoms with E-state index in [4.69, 9.17) is 0 Å². The molecule has 2 aliphatic heterocycles. The first kappa shape index (κ1) is 18.7. The van der Waals surface area contributed by atoms with Gasteiger partial charge in [0.05, 0.1) is 12.5 Å². The summed E-state index contributed by atoms with van der Waals surface area (Å²) in [5.41, 5.74) is 1.04. The van der Waals surface area contributed by atoms with Gasteiger partial charge in [-0.15, -0.1) is 12.4 Å². The maximum Gasteiger partial charge on any atom is 0.223 e. The molecule has 6 heteroatoms. The summed E-state index contributed by atoms with van der Waals surface area (Å²) in [5, 5.41) is 6.23. The minimum atomic E-state index is -0.145. The van der Waals surface area contributed by atoms with Crippen LogP contribution < -0.4 is 10.6 Å². The molecule has 2 aliphatic rings. The predicted molar refractivity (Wildman–Crippen MR) is 96.0 cm³/mol. The van der Waals surface area contributed by atoms with Crippen molar-refractivity contribution in [2.45, 2.75) is 31.7 Å². The number of nitrogens with one attached hydrogen (secondary N) is 2. The second-order valence-corrected chi connectivity index (χ2v) is 6.47. The molecule has 0 aliphatic carbocycles. The first-order valence-corrected chi connectivity index (χ1v) is 8.56. The van der Waals surface area contributed by atoms with Crippen molar-refractivity contribution in [1.29, 1.82) is 0 Å². The zero-order valence-corrected chi connectivity index (χ0v) is 14.7. The molecule has 2 amide bonds. The highest BCUT2D eigenvalue weighted by molar-refractivity contribution is 5.85. The van der Waals surface area contributed by atoms with Gasteiger partial charge in [-0.25, -0.2) is 0 Å². The van der Waals surface area contributed by atoms with Gasteiger partial charge in [0.1, 0.15) is 0 Å². The molecule has 1 aromatic carbocycles. The lowest BCUT2D eigenvalue weighted by Crippen LogP contribution is -2.36. The van der Waals surface area contributed by atoms with Crippen molar-refractivity contribution < 1.29 is 9.59 Å². The number of amides is 2. The average Bonchev–Trinajstić information content (AvgIpc) is 3.01. The highest BCUT2D eigenvalue weighted by Crippen LogP contribution is 2.27. The molecule has 2 unspecified atom stereocenters. The Morgan fingerprint density at radius 1 is 1.21 bits per heavy atom. The summed E-state index contributed by atoms with van der Waals surface area (Å²) in [4.78, 5) is 26.6. The Bertz CT molecular complexity index is 546. The van der Waals surface area contributed by atoms with E-state index in [2.05, 4.69) is 10.6 Å². The summed E-state index contributed by atoms with van der Waals surface area (Å²) in [6.45, 7) is 3.22. The highest BCUT2D eigenvalue weighted by atomic mass is 35.5. The minimum absolute atomic E-state index is 0. The molecule has 5 nitrogen and oxygen atoms in total. The minimum Gasteiger partial charge on any atom is -0.354 e. The number of halogens is 1. The largest absolute Gasteiger partial charge is 0.354 e. The van der Waals surface area contributed by atoms with Crippen molar-refractivity contribution in [3.05, 3.63) is 35.9 Å². The van der Waals surface area contributed by atoms with Gasteiger partial charge in [-0.2, -0.15) is 0 Å². The molecular weight excluding hydrogens is 326 g/mol. The molecule has 2 saturated heterocycles. The summed E-state index contributed by atoms with van der Waals surface area (Å²) >= 11 is 0. The van der Waals surface area contributed by atoms with E-state index >= 15 is 0 Å². The van der Waals surface area contributed by atoms with Gasteiger partial charge < -0.3 is 15.5 Å². The van der Waals surface area contributed by atoms with E-state index in [1.165, 1.54) is 0 Å². The third kappa shape index (κ3) is 4.71. The van der Waals surface area contributed by atoms with Crippen molar-refractivity contribution in [2.75, 3.05) is 26.2 Å². The molecule has 0 bridgehead atoms. The van der Waals surface area contributed by atoms with Gasteiger partial charge in [0, 0.05) is 19.5 Å². The number of nitrogens with zero attached hydrogens (tertiary/aromatic N) is 1. The smallest absolute Gasteiger partial charge is 0.223 e. The maximum absolute atomic E-state index is 12.8. The number of hydrogen-bond acceptors (Lipinski definition) is 3. The third-order valence-electron chi connectivity index (χ3n) is 4.86. The first-order chi connectivity index (χ1) is 11.2. The van der Waals surface area contributed by atoms with Crippen molar-refractivity contribution >= 4 is 24.2 Å². The molecule has 1 aromatic rings. The fraction of sp³-hybridized carbons (Fsp3) is 0.556. The third-order valence-corrected chi connectivity index (χ3v) is 4.86. The Kier molecular flexibility index (Phi) is 7.06. The van der Waals surface area contributed by atoms with E-state index in [1.54, 1.807) is 0 Å². The quantitative estimate of drug-likeness (QED) is 0.870. The van der Waals surface area contributed by atoms with E-state index in [0.717, 1.165) is 31.5 Å². The summed E-state index contributed by atoms with van der Waals surface area (Å²) in [7, 11) is 0. The average molecular weight is 352 g/mol. The zero-order chi connectivity index (χ0) is 16.1. The second kappa shape index (κ2) is 9.04. The van der Waals surface area contributed by atoms with Crippen LogP contribution in [0.5, 0.6) is 0 Å². The lowest BCUT2D eigenvalue weighted by atomic mass is 9.99. The summed E-state index contributed by atoms with van der Waals surface area (Å²) in [5.74, 6) is 0.803. The van der Waals surface area contributed by atoms with Crippen molar-refractivity contribution in [1.82, 2.24) is 15.5 Å². The number of hydrogen-bond donors (Lipinski definition) is 2. The topological polar surface area (TPSA) is 61.4 Å². The second-order valence-electron chi connectivity index (χ2n) is 6.47. The number of carbonyl (C=O) groups excluding carboxylic acids is 2. The van der Waals surface area contributed by atoms with Gasteiger partial charge in [0.25, 0.3) is 0 Å². The Morgan fingerprint density at radius 3 is 2.71 bits per heavy atom. The van der Waals surface area contributed by atoms with Crippen LogP contribution in [0.25, 0.3) is 0 Å². The van der Waals surface area contributed by atoms with Crippen LogP contribution >= 0.6 is 12.4 Å². The van der Waals surface area contributed by atoms with Crippen LogP contribution in [0, 0.1) is 5.92 Å².